The second-order valence-electron chi connectivity index (χ2n) is 4.05. The average Bonchev–Trinajstić information content (AvgIpc) is 2.67. The van der Waals surface area contributed by atoms with Crippen LogP contribution in [-0.4, -0.2) is 32.2 Å². The molecule has 0 aliphatic rings. The summed E-state index contributed by atoms with van der Waals surface area (Å²) in [5, 5.41) is 3.23. The summed E-state index contributed by atoms with van der Waals surface area (Å²) >= 11 is 0. The van der Waals surface area contributed by atoms with Gasteiger partial charge >= 0.3 is 0 Å². The normalized spacial score (nSPS) is 14.7. The molecule has 2 aromatic rings. The van der Waals surface area contributed by atoms with Crippen LogP contribution in [0.2, 0.25) is 0 Å². The van der Waals surface area contributed by atoms with Gasteiger partial charge in [-0.2, -0.15) is 0 Å². The highest BCUT2D eigenvalue weighted by Crippen LogP contribution is 2.17. The monoisotopic (exact) mass is 252 g/mol. The molecule has 92 valence electrons. The molecule has 0 fully saturated rings. The molecule has 0 aliphatic carbocycles. The summed E-state index contributed by atoms with van der Waals surface area (Å²) in [5.41, 5.74) is 8.16. The van der Waals surface area contributed by atoms with Gasteiger partial charge in [-0.1, -0.05) is 0 Å². The quantitative estimate of drug-likeness (QED) is 0.717. The zero-order valence-corrected chi connectivity index (χ0v) is 10.7. The van der Waals surface area contributed by atoms with Crippen LogP contribution >= 0.6 is 0 Å². The molecule has 0 spiro atoms. The fourth-order valence-corrected chi connectivity index (χ4v) is 1.79. The SMILES string of the molecule is CC(CNc1nc2ccc(N)cc2[nH]1)S(C)=O. The molecule has 0 bridgehead atoms. The predicted octanol–water partition coefficient (Wildman–Crippen LogP) is 1.32. The fourth-order valence-electron chi connectivity index (χ4n) is 1.47. The lowest BCUT2D eigenvalue weighted by Gasteiger charge is -2.08. The number of imidazole rings is 1. The molecule has 0 radical (unpaired) electrons. The van der Waals surface area contributed by atoms with Gasteiger partial charge in [-0.05, 0) is 25.1 Å². The second kappa shape index (κ2) is 4.75. The number of nitrogen functional groups attached to an aromatic ring is 1. The molecule has 6 heteroatoms. The van der Waals surface area contributed by atoms with Crippen molar-refractivity contribution in [2.75, 3.05) is 23.9 Å². The maximum atomic E-state index is 11.2. The third kappa shape index (κ3) is 2.76. The molecule has 2 unspecified atom stereocenters. The smallest absolute Gasteiger partial charge is 0.201 e. The van der Waals surface area contributed by atoms with Crippen molar-refractivity contribution in [3.63, 3.8) is 0 Å². The van der Waals surface area contributed by atoms with Crippen LogP contribution in [0.5, 0.6) is 0 Å². The van der Waals surface area contributed by atoms with Crippen LogP contribution in [0.4, 0.5) is 11.6 Å². The van der Waals surface area contributed by atoms with Gasteiger partial charge in [0.25, 0.3) is 0 Å². The van der Waals surface area contributed by atoms with E-state index in [0.29, 0.717) is 18.2 Å². The minimum Gasteiger partial charge on any atom is -0.399 e. The third-order valence-electron chi connectivity index (χ3n) is 2.63. The fraction of sp³-hybridized carbons (Fsp3) is 0.364. The van der Waals surface area contributed by atoms with Gasteiger partial charge in [0.05, 0.1) is 11.0 Å². The van der Waals surface area contributed by atoms with E-state index in [9.17, 15) is 4.21 Å². The van der Waals surface area contributed by atoms with E-state index in [2.05, 4.69) is 15.3 Å². The molecule has 2 rings (SSSR count). The van der Waals surface area contributed by atoms with Crippen LogP contribution in [0, 0.1) is 0 Å². The van der Waals surface area contributed by atoms with Crippen molar-refractivity contribution >= 4 is 33.5 Å². The number of nitrogens with two attached hydrogens (primary N) is 1. The van der Waals surface area contributed by atoms with E-state index in [-0.39, 0.29) is 5.25 Å². The number of anilines is 2. The molecule has 0 amide bonds. The maximum absolute atomic E-state index is 11.2. The Morgan fingerprint density at radius 3 is 3.06 bits per heavy atom. The number of hydrogen-bond donors (Lipinski definition) is 3. The Bertz CT molecular complexity index is 551. The topological polar surface area (TPSA) is 83.8 Å². The molecule has 5 nitrogen and oxygen atoms in total. The van der Waals surface area contributed by atoms with Crippen LogP contribution in [0.3, 0.4) is 0 Å². The maximum Gasteiger partial charge on any atom is 0.201 e. The van der Waals surface area contributed by atoms with E-state index in [1.807, 2.05) is 25.1 Å². The molecule has 2 atom stereocenters. The number of fused-ring (bicyclic) bond motifs is 1. The number of aromatic amines is 1. The van der Waals surface area contributed by atoms with Gasteiger partial charge in [0.15, 0.2) is 0 Å². The van der Waals surface area contributed by atoms with E-state index in [1.165, 1.54) is 0 Å². The van der Waals surface area contributed by atoms with Crippen molar-refractivity contribution < 1.29 is 4.21 Å². The number of aromatic nitrogens is 2. The Balaban J connectivity index is 2.12. The van der Waals surface area contributed by atoms with Crippen molar-refractivity contribution in [1.82, 2.24) is 9.97 Å². The largest absolute Gasteiger partial charge is 0.399 e. The summed E-state index contributed by atoms with van der Waals surface area (Å²) in [5.74, 6) is 0.683. The summed E-state index contributed by atoms with van der Waals surface area (Å²) in [6, 6.07) is 5.53. The van der Waals surface area contributed by atoms with Gasteiger partial charge in [-0.15, -0.1) is 0 Å². The lowest BCUT2D eigenvalue weighted by Crippen LogP contribution is -2.21. The van der Waals surface area contributed by atoms with E-state index >= 15 is 0 Å². The van der Waals surface area contributed by atoms with Crippen molar-refractivity contribution in [2.24, 2.45) is 0 Å². The Hall–Kier alpha value is -1.56. The van der Waals surface area contributed by atoms with Crippen LogP contribution in [0.15, 0.2) is 18.2 Å². The highest BCUT2D eigenvalue weighted by atomic mass is 32.2. The van der Waals surface area contributed by atoms with Gasteiger partial charge in [0.1, 0.15) is 0 Å². The highest BCUT2D eigenvalue weighted by molar-refractivity contribution is 7.84. The van der Waals surface area contributed by atoms with Crippen LogP contribution < -0.4 is 11.1 Å². The lowest BCUT2D eigenvalue weighted by molar-refractivity contribution is 0.678. The summed E-state index contributed by atoms with van der Waals surface area (Å²) in [7, 11) is -0.830. The third-order valence-corrected chi connectivity index (χ3v) is 3.93. The first-order chi connectivity index (χ1) is 8.06. The second-order valence-corrected chi connectivity index (χ2v) is 5.85. The molecule has 4 N–H and O–H groups in total. The Morgan fingerprint density at radius 2 is 2.35 bits per heavy atom. The Labute approximate surface area is 102 Å². The van der Waals surface area contributed by atoms with Crippen molar-refractivity contribution in [2.45, 2.75) is 12.2 Å². The molecule has 0 saturated carbocycles. The first-order valence-corrected chi connectivity index (χ1v) is 6.99. The Kier molecular flexibility index (Phi) is 3.33. The Morgan fingerprint density at radius 1 is 1.59 bits per heavy atom. The molecule has 1 aromatic carbocycles. The van der Waals surface area contributed by atoms with Gasteiger partial charge in [-0.3, -0.25) is 4.21 Å². The molecule has 17 heavy (non-hydrogen) atoms. The van der Waals surface area contributed by atoms with Gasteiger partial charge < -0.3 is 16.0 Å². The molecular formula is C11H16N4OS. The van der Waals surface area contributed by atoms with E-state index in [4.69, 9.17) is 5.73 Å². The average molecular weight is 252 g/mol. The van der Waals surface area contributed by atoms with E-state index < -0.39 is 10.8 Å². The zero-order chi connectivity index (χ0) is 12.4. The zero-order valence-electron chi connectivity index (χ0n) is 9.86. The number of hydrogen-bond acceptors (Lipinski definition) is 4. The summed E-state index contributed by atoms with van der Waals surface area (Å²) in [6.07, 6.45) is 1.70. The number of nitrogens with zero attached hydrogens (tertiary/aromatic N) is 1. The summed E-state index contributed by atoms with van der Waals surface area (Å²) < 4.78 is 11.2. The van der Waals surface area contributed by atoms with Crippen LogP contribution in [-0.2, 0) is 10.8 Å². The van der Waals surface area contributed by atoms with E-state index in [0.717, 1.165) is 11.0 Å². The molecule has 1 heterocycles. The van der Waals surface area contributed by atoms with Crippen LogP contribution in [0.1, 0.15) is 6.92 Å². The van der Waals surface area contributed by atoms with Crippen LogP contribution in [0.25, 0.3) is 11.0 Å². The van der Waals surface area contributed by atoms with E-state index in [1.54, 1.807) is 6.26 Å². The summed E-state index contributed by atoms with van der Waals surface area (Å²) in [4.78, 5) is 7.49. The minimum absolute atomic E-state index is 0.0910. The lowest BCUT2D eigenvalue weighted by atomic mass is 10.3. The highest BCUT2D eigenvalue weighted by Gasteiger charge is 2.07. The van der Waals surface area contributed by atoms with Crippen molar-refractivity contribution in [3.8, 4) is 0 Å². The van der Waals surface area contributed by atoms with Crippen molar-refractivity contribution in [1.29, 1.82) is 0 Å². The first kappa shape index (κ1) is 11.9. The van der Waals surface area contributed by atoms with Crippen molar-refractivity contribution in [3.05, 3.63) is 18.2 Å². The minimum atomic E-state index is -0.830. The molecule has 1 aromatic heterocycles. The molecule has 0 saturated heterocycles. The predicted molar refractivity (Wildman–Crippen MR) is 72.5 cm³/mol. The number of rotatable bonds is 4. The summed E-state index contributed by atoms with van der Waals surface area (Å²) in [6.45, 7) is 2.56. The molecule has 0 aliphatic heterocycles. The van der Waals surface area contributed by atoms with Gasteiger partial charge in [0.2, 0.25) is 5.95 Å². The first-order valence-electron chi connectivity index (χ1n) is 5.37. The number of nitrogens with one attached hydrogen (secondary N) is 2. The van der Waals surface area contributed by atoms with Gasteiger partial charge in [-0.25, -0.2) is 4.98 Å². The van der Waals surface area contributed by atoms with Gasteiger partial charge in [0, 0.05) is 34.5 Å². The molecular weight excluding hydrogens is 236 g/mol. The number of H-pyrrole nitrogens is 1. The number of benzene rings is 1. The standard InChI is InChI=1S/C11H16N4OS/c1-7(17(2)16)6-13-11-14-9-4-3-8(12)5-10(9)15-11/h3-5,7H,6,12H2,1-2H3,(H2,13,14,15).